The average molecular weight is 215 g/mol. The van der Waals surface area contributed by atoms with Crippen molar-refractivity contribution in [3.8, 4) is 0 Å². The molecule has 0 saturated heterocycles. The van der Waals surface area contributed by atoms with Crippen molar-refractivity contribution in [3.05, 3.63) is 47.0 Å². The minimum atomic E-state index is -0.128. The Hall–Kier alpha value is -1.90. The van der Waals surface area contributed by atoms with Crippen LogP contribution in [0.2, 0.25) is 0 Å². The van der Waals surface area contributed by atoms with Gasteiger partial charge in [-0.25, -0.2) is 0 Å². The van der Waals surface area contributed by atoms with E-state index in [1.807, 2.05) is 13.0 Å². The van der Waals surface area contributed by atoms with E-state index < -0.39 is 0 Å². The van der Waals surface area contributed by atoms with Gasteiger partial charge in [0.1, 0.15) is 0 Å². The Balaban J connectivity index is 2.72. The SMILES string of the molecule is C=C1CN(C)C(=O)c2c(C)cccc2C1=O. The van der Waals surface area contributed by atoms with Gasteiger partial charge in [0.15, 0.2) is 5.78 Å². The van der Waals surface area contributed by atoms with Crippen molar-refractivity contribution in [1.29, 1.82) is 0 Å². The highest BCUT2D eigenvalue weighted by Crippen LogP contribution is 2.22. The Bertz CT molecular complexity index is 503. The third kappa shape index (κ3) is 1.45. The predicted molar refractivity (Wildman–Crippen MR) is 61.6 cm³/mol. The summed E-state index contributed by atoms with van der Waals surface area (Å²) in [6.45, 7) is 5.86. The molecular weight excluding hydrogens is 202 g/mol. The molecule has 1 aliphatic heterocycles. The standard InChI is InChI=1S/C13H13NO2/c1-8-5-4-6-10-11(8)13(16)14(3)7-9(2)12(10)15/h4-6H,2,7H2,1,3H3. The molecule has 82 valence electrons. The van der Waals surface area contributed by atoms with Crippen LogP contribution in [0.25, 0.3) is 0 Å². The van der Waals surface area contributed by atoms with Crippen molar-refractivity contribution in [2.75, 3.05) is 13.6 Å². The van der Waals surface area contributed by atoms with E-state index in [2.05, 4.69) is 6.58 Å². The number of ketones is 1. The zero-order valence-electron chi connectivity index (χ0n) is 9.41. The van der Waals surface area contributed by atoms with Gasteiger partial charge >= 0.3 is 0 Å². The molecular formula is C13H13NO2. The summed E-state index contributed by atoms with van der Waals surface area (Å²) in [5, 5.41) is 0. The number of rotatable bonds is 0. The van der Waals surface area contributed by atoms with Gasteiger partial charge in [-0.1, -0.05) is 24.8 Å². The Labute approximate surface area is 94.4 Å². The quantitative estimate of drug-likeness (QED) is 0.619. The molecule has 1 aromatic carbocycles. The Morgan fingerprint density at radius 3 is 2.69 bits per heavy atom. The molecule has 1 amide bonds. The molecule has 1 heterocycles. The molecule has 0 unspecified atom stereocenters. The van der Waals surface area contributed by atoms with Crippen LogP contribution in [-0.2, 0) is 0 Å². The fraction of sp³-hybridized carbons (Fsp3) is 0.231. The highest BCUT2D eigenvalue weighted by Gasteiger charge is 2.27. The molecule has 0 atom stereocenters. The maximum absolute atomic E-state index is 12.1. The van der Waals surface area contributed by atoms with Crippen molar-refractivity contribution in [3.63, 3.8) is 0 Å². The third-order valence-corrected chi connectivity index (χ3v) is 2.83. The van der Waals surface area contributed by atoms with E-state index in [-0.39, 0.29) is 11.7 Å². The van der Waals surface area contributed by atoms with Crippen molar-refractivity contribution in [2.45, 2.75) is 6.92 Å². The van der Waals surface area contributed by atoms with Crippen LogP contribution in [0.5, 0.6) is 0 Å². The number of carbonyl (C=O) groups excluding carboxylic acids is 2. The summed E-state index contributed by atoms with van der Waals surface area (Å²) in [7, 11) is 1.68. The van der Waals surface area contributed by atoms with E-state index in [1.54, 1.807) is 19.2 Å². The average Bonchev–Trinajstić information content (AvgIpc) is 2.32. The maximum Gasteiger partial charge on any atom is 0.254 e. The summed E-state index contributed by atoms with van der Waals surface area (Å²) in [6, 6.07) is 5.32. The molecule has 0 radical (unpaired) electrons. The van der Waals surface area contributed by atoms with Gasteiger partial charge < -0.3 is 4.90 Å². The van der Waals surface area contributed by atoms with Gasteiger partial charge in [0.05, 0.1) is 5.56 Å². The first kappa shape index (κ1) is 10.6. The summed E-state index contributed by atoms with van der Waals surface area (Å²) < 4.78 is 0. The normalized spacial score (nSPS) is 16.1. The zero-order chi connectivity index (χ0) is 11.9. The molecule has 3 heteroatoms. The number of amides is 1. The summed E-state index contributed by atoms with van der Waals surface area (Å²) in [5.74, 6) is -0.239. The van der Waals surface area contributed by atoms with Crippen LogP contribution >= 0.6 is 0 Å². The molecule has 0 aromatic heterocycles. The van der Waals surface area contributed by atoms with Crippen LogP contribution in [0.1, 0.15) is 26.3 Å². The zero-order valence-corrected chi connectivity index (χ0v) is 9.41. The number of hydrogen-bond acceptors (Lipinski definition) is 2. The Morgan fingerprint density at radius 2 is 2.00 bits per heavy atom. The third-order valence-electron chi connectivity index (χ3n) is 2.83. The lowest BCUT2D eigenvalue weighted by Crippen LogP contribution is -2.27. The van der Waals surface area contributed by atoms with Crippen molar-refractivity contribution in [2.24, 2.45) is 0 Å². The van der Waals surface area contributed by atoms with Gasteiger partial charge in [-0.3, -0.25) is 9.59 Å². The molecule has 1 aromatic rings. The molecule has 0 bridgehead atoms. The summed E-state index contributed by atoms with van der Waals surface area (Å²) >= 11 is 0. The molecule has 1 aliphatic rings. The van der Waals surface area contributed by atoms with Crippen LogP contribution in [0, 0.1) is 6.92 Å². The van der Waals surface area contributed by atoms with E-state index in [0.29, 0.717) is 23.2 Å². The maximum atomic E-state index is 12.1. The lowest BCUT2D eigenvalue weighted by Gasteiger charge is -2.15. The number of aryl methyl sites for hydroxylation is 1. The van der Waals surface area contributed by atoms with Gasteiger partial charge in [-0.2, -0.15) is 0 Å². The number of Topliss-reactive ketones (excluding diaryl/α,β-unsaturated/α-hetero) is 1. The van der Waals surface area contributed by atoms with Gasteiger partial charge in [-0.05, 0) is 12.5 Å². The number of fused-ring (bicyclic) bond motifs is 1. The van der Waals surface area contributed by atoms with E-state index in [1.165, 1.54) is 4.90 Å². The van der Waals surface area contributed by atoms with Crippen molar-refractivity contribution < 1.29 is 9.59 Å². The molecule has 0 fully saturated rings. The van der Waals surface area contributed by atoms with Gasteiger partial charge in [0.2, 0.25) is 0 Å². The Kier molecular flexibility index (Phi) is 2.38. The number of carbonyl (C=O) groups is 2. The van der Waals surface area contributed by atoms with Gasteiger partial charge in [0, 0.05) is 24.7 Å². The highest BCUT2D eigenvalue weighted by atomic mass is 16.2. The van der Waals surface area contributed by atoms with Gasteiger partial charge in [-0.15, -0.1) is 0 Å². The first-order chi connectivity index (χ1) is 7.52. The van der Waals surface area contributed by atoms with E-state index >= 15 is 0 Å². The fourth-order valence-corrected chi connectivity index (χ4v) is 1.95. The second-order valence-corrected chi connectivity index (χ2v) is 4.09. The van der Waals surface area contributed by atoms with Crippen LogP contribution in [-0.4, -0.2) is 30.2 Å². The van der Waals surface area contributed by atoms with Crippen LogP contribution in [0.15, 0.2) is 30.4 Å². The first-order valence-corrected chi connectivity index (χ1v) is 5.10. The second-order valence-electron chi connectivity index (χ2n) is 4.09. The van der Waals surface area contributed by atoms with Crippen molar-refractivity contribution >= 4 is 11.7 Å². The highest BCUT2D eigenvalue weighted by molar-refractivity contribution is 6.17. The number of hydrogen-bond donors (Lipinski definition) is 0. The van der Waals surface area contributed by atoms with E-state index in [0.717, 1.165) is 5.56 Å². The fourth-order valence-electron chi connectivity index (χ4n) is 1.95. The Morgan fingerprint density at radius 1 is 1.31 bits per heavy atom. The minimum absolute atomic E-state index is 0.111. The topological polar surface area (TPSA) is 37.4 Å². The number of likely N-dealkylation sites (N-methyl/N-ethyl adjacent to an activating group) is 1. The summed E-state index contributed by atoms with van der Waals surface area (Å²) in [5.41, 5.74) is 2.27. The largest absolute Gasteiger partial charge is 0.337 e. The first-order valence-electron chi connectivity index (χ1n) is 5.10. The van der Waals surface area contributed by atoms with E-state index in [4.69, 9.17) is 0 Å². The number of nitrogens with zero attached hydrogens (tertiary/aromatic N) is 1. The molecule has 3 nitrogen and oxygen atoms in total. The van der Waals surface area contributed by atoms with Crippen LogP contribution < -0.4 is 0 Å². The lowest BCUT2D eigenvalue weighted by molar-refractivity contribution is 0.0809. The molecule has 0 spiro atoms. The molecule has 2 rings (SSSR count). The summed E-state index contributed by atoms with van der Waals surface area (Å²) in [6.07, 6.45) is 0. The predicted octanol–water partition coefficient (Wildman–Crippen LogP) is 1.82. The van der Waals surface area contributed by atoms with Crippen LogP contribution in [0.4, 0.5) is 0 Å². The summed E-state index contributed by atoms with van der Waals surface area (Å²) in [4.78, 5) is 25.6. The second kappa shape index (κ2) is 3.59. The molecule has 0 N–H and O–H groups in total. The smallest absolute Gasteiger partial charge is 0.254 e. The minimum Gasteiger partial charge on any atom is -0.337 e. The molecule has 16 heavy (non-hydrogen) atoms. The van der Waals surface area contributed by atoms with Crippen LogP contribution in [0.3, 0.4) is 0 Å². The van der Waals surface area contributed by atoms with Gasteiger partial charge in [0.25, 0.3) is 5.91 Å². The monoisotopic (exact) mass is 215 g/mol. The number of benzene rings is 1. The molecule has 0 aliphatic carbocycles. The lowest BCUT2D eigenvalue weighted by atomic mass is 9.97. The van der Waals surface area contributed by atoms with E-state index in [9.17, 15) is 9.59 Å². The molecule has 0 saturated carbocycles. The van der Waals surface area contributed by atoms with Crippen molar-refractivity contribution in [1.82, 2.24) is 4.90 Å².